The zero-order chi connectivity index (χ0) is 25.4. The molecule has 1 aliphatic heterocycles. The third-order valence-electron chi connectivity index (χ3n) is 7.48. The second-order valence-corrected chi connectivity index (χ2v) is 10.4. The zero-order valence-electron chi connectivity index (χ0n) is 20.6. The number of aromatic nitrogens is 4. The van der Waals surface area contributed by atoms with Crippen LogP contribution in [0.3, 0.4) is 0 Å². The molecule has 2 aromatic heterocycles. The number of aryl methyl sites for hydroxylation is 1. The summed E-state index contributed by atoms with van der Waals surface area (Å²) in [6.45, 7) is 3.17. The Morgan fingerprint density at radius 2 is 2.00 bits per heavy atom. The molecule has 3 N–H and O–H groups in total. The van der Waals surface area contributed by atoms with Crippen LogP contribution in [-0.2, 0) is 11.3 Å². The van der Waals surface area contributed by atoms with Gasteiger partial charge in [-0.25, -0.2) is 4.98 Å². The lowest BCUT2D eigenvalue weighted by Crippen LogP contribution is -2.38. The number of rotatable bonds is 6. The van der Waals surface area contributed by atoms with E-state index >= 15 is 0 Å². The van der Waals surface area contributed by atoms with Crippen LogP contribution in [-0.4, -0.2) is 44.3 Å². The number of pyridine rings is 1. The number of hydrogen-bond acceptors (Lipinski definition) is 6. The third-order valence-corrected chi connectivity index (χ3v) is 7.68. The summed E-state index contributed by atoms with van der Waals surface area (Å²) in [4.78, 5) is 22.2. The van der Waals surface area contributed by atoms with Crippen molar-refractivity contribution in [2.75, 3.05) is 6.61 Å². The fraction of sp³-hybridized carbons (Fsp3) is 0.357. The van der Waals surface area contributed by atoms with E-state index in [2.05, 4.69) is 37.6 Å². The van der Waals surface area contributed by atoms with E-state index < -0.39 is 0 Å². The first-order valence-electron chi connectivity index (χ1n) is 12.7. The highest BCUT2D eigenvalue weighted by atomic mass is 32.1. The number of carbonyl (C=O) groups is 1. The van der Waals surface area contributed by atoms with E-state index in [0.29, 0.717) is 22.7 Å². The summed E-state index contributed by atoms with van der Waals surface area (Å²) in [7, 11) is 0. The molecule has 8 nitrogen and oxygen atoms in total. The predicted molar refractivity (Wildman–Crippen MR) is 142 cm³/mol. The summed E-state index contributed by atoms with van der Waals surface area (Å²) in [5.41, 5.74) is 3.37. The molecular formula is C28H29N5O3S. The third kappa shape index (κ3) is 4.89. The Labute approximate surface area is 219 Å². The number of ether oxygens (including phenoxy) is 2. The van der Waals surface area contributed by atoms with Crippen molar-refractivity contribution in [3.8, 4) is 5.75 Å². The van der Waals surface area contributed by atoms with Crippen LogP contribution in [0, 0.1) is 11.7 Å². The minimum Gasteiger partial charge on any atom is -0.489 e. The normalized spacial score (nSPS) is 23.1. The second-order valence-electron chi connectivity index (χ2n) is 10.0. The molecule has 9 heteroatoms. The SMILES string of the molecule is Cc1cc(COc2ccc(C(=O)N[C@@H]3C[C@@]4(CCCO4)C[C@@H]3c3nc(=S)[nH][nH]3)cc2)c2ccccc2n1. The van der Waals surface area contributed by atoms with Crippen molar-refractivity contribution in [1.29, 1.82) is 0 Å². The van der Waals surface area contributed by atoms with E-state index in [1.807, 2.05) is 37.3 Å². The van der Waals surface area contributed by atoms with Crippen molar-refractivity contribution in [2.24, 2.45) is 0 Å². The van der Waals surface area contributed by atoms with Crippen molar-refractivity contribution < 1.29 is 14.3 Å². The van der Waals surface area contributed by atoms with E-state index in [1.165, 1.54) is 0 Å². The lowest BCUT2D eigenvalue weighted by molar-refractivity contribution is 0.00769. The number of benzene rings is 2. The average molecular weight is 516 g/mol. The molecule has 1 aliphatic carbocycles. The number of carbonyl (C=O) groups excluding carboxylic acids is 1. The van der Waals surface area contributed by atoms with Gasteiger partial charge in [-0.05, 0) is 81.2 Å². The Kier molecular flexibility index (Phi) is 6.26. The maximum absolute atomic E-state index is 13.2. The Balaban J connectivity index is 1.14. The fourth-order valence-corrected chi connectivity index (χ4v) is 5.92. The number of fused-ring (bicyclic) bond motifs is 1. The Bertz CT molecular complexity index is 1490. The number of amides is 1. The molecule has 0 bridgehead atoms. The van der Waals surface area contributed by atoms with E-state index in [1.54, 1.807) is 12.1 Å². The summed E-state index contributed by atoms with van der Waals surface area (Å²) in [5, 5.41) is 10.3. The molecule has 3 heterocycles. The van der Waals surface area contributed by atoms with Crippen LogP contribution >= 0.6 is 12.2 Å². The quantitative estimate of drug-likeness (QED) is 0.308. The van der Waals surface area contributed by atoms with Gasteiger partial charge in [0.25, 0.3) is 5.91 Å². The lowest BCUT2D eigenvalue weighted by atomic mass is 9.96. The highest BCUT2D eigenvalue weighted by Crippen LogP contribution is 2.47. The molecular weight excluding hydrogens is 486 g/mol. The first-order chi connectivity index (χ1) is 18.0. The van der Waals surface area contributed by atoms with E-state index in [4.69, 9.17) is 21.7 Å². The van der Waals surface area contributed by atoms with Gasteiger partial charge >= 0.3 is 0 Å². The van der Waals surface area contributed by atoms with Gasteiger partial charge in [0.05, 0.1) is 11.1 Å². The van der Waals surface area contributed by atoms with Gasteiger partial charge in [-0.15, -0.1) is 0 Å². The summed E-state index contributed by atoms with van der Waals surface area (Å²) >= 11 is 5.16. The number of nitrogens with zero attached hydrogens (tertiary/aromatic N) is 2. The van der Waals surface area contributed by atoms with Crippen molar-refractivity contribution in [3.63, 3.8) is 0 Å². The largest absolute Gasteiger partial charge is 0.489 e. The Morgan fingerprint density at radius 1 is 1.16 bits per heavy atom. The molecule has 1 saturated carbocycles. The van der Waals surface area contributed by atoms with Crippen LogP contribution in [0.2, 0.25) is 0 Å². The van der Waals surface area contributed by atoms with Gasteiger partial charge in [-0.3, -0.25) is 20.0 Å². The van der Waals surface area contributed by atoms with Gasteiger partial charge in [0.15, 0.2) is 0 Å². The molecule has 37 heavy (non-hydrogen) atoms. The highest BCUT2D eigenvalue weighted by Gasteiger charge is 2.50. The molecule has 0 radical (unpaired) electrons. The average Bonchev–Trinajstić information content (AvgIpc) is 3.63. The van der Waals surface area contributed by atoms with E-state index in [-0.39, 0.29) is 23.5 Å². The molecule has 0 unspecified atom stereocenters. The van der Waals surface area contributed by atoms with Gasteiger partial charge in [0, 0.05) is 40.8 Å². The minimum atomic E-state index is -0.204. The van der Waals surface area contributed by atoms with Gasteiger partial charge in [0.2, 0.25) is 4.77 Å². The molecule has 2 aromatic carbocycles. The number of nitrogens with one attached hydrogen (secondary N) is 3. The van der Waals surface area contributed by atoms with Crippen LogP contribution in [0.5, 0.6) is 5.75 Å². The summed E-state index contributed by atoms with van der Waals surface area (Å²) in [6.07, 6.45) is 3.61. The summed E-state index contributed by atoms with van der Waals surface area (Å²) in [5.74, 6) is 1.36. The number of para-hydroxylation sites is 1. The maximum Gasteiger partial charge on any atom is 0.251 e. The van der Waals surface area contributed by atoms with Crippen molar-refractivity contribution in [3.05, 3.63) is 82.0 Å². The second kappa shape index (κ2) is 9.72. The first kappa shape index (κ1) is 23.8. The Morgan fingerprint density at radius 3 is 2.76 bits per heavy atom. The molecule has 1 saturated heterocycles. The smallest absolute Gasteiger partial charge is 0.251 e. The molecule has 2 aliphatic rings. The standard InChI is InChI=1S/C28H29N5O3S/c1-17-13-19(21-5-2-3-6-23(21)29-17)16-35-20-9-7-18(8-10-20)26(34)30-24-15-28(11-4-12-36-28)14-22(24)25-31-27(37)33-32-25/h2-3,5-10,13,22,24H,4,11-12,14-16H2,1H3,(H,30,34)(H2,31,32,33,37)/t22-,24+,28+/m0/s1. The molecule has 4 aromatic rings. The number of aromatic amines is 2. The van der Waals surface area contributed by atoms with Gasteiger partial charge in [0.1, 0.15) is 18.2 Å². The van der Waals surface area contributed by atoms with Crippen LogP contribution in [0.25, 0.3) is 10.9 Å². The molecule has 1 spiro atoms. The van der Waals surface area contributed by atoms with Crippen molar-refractivity contribution in [1.82, 2.24) is 25.5 Å². The predicted octanol–water partition coefficient (Wildman–Crippen LogP) is 5.13. The van der Waals surface area contributed by atoms with Crippen LogP contribution in [0.4, 0.5) is 0 Å². The van der Waals surface area contributed by atoms with Gasteiger partial charge < -0.3 is 14.8 Å². The Hall–Kier alpha value is -3.56. The maximum atomic E-state index is 13.2. The van der Waals surface area contributed by atoms with Crippen LogP contribution in [0.15, 0.2) is 54.6 Å². The topological polar surface area (TPSA) is 105 Å². The van der Waals surface area contributed by atoms with Gasteiger partial charge in [-0.1, -0.05) is 18.2 Å². The van der Waals surface area contributed by atoms with E-state index in [0.717, 1.165) is 60.3 Å². The van der Waals surface area contributed by atoms with Gasteiger partial charge in [-0.2, -0.15) is 0 Å². The van der Waals surface area contributed by atoms with Crippen molar-refractivity contribution >= 4 is 29.0 Å². The minimum absolute atomic E-state index is 0.0104. The van der Waals surface area contributed by atoms with Crippen LogP contribution in [0.1, 0.15) is 59.0 Å². The van der Waals surface area contributed by atoms with Crippen LogP contribution < -0.4 is 10.1 Å². The van der Waals surface area contributed by atoms with E-state index in [9.17, 15) is 4.79 Å². The lowest BCUT2D eigenvalue weighted by Gasteiger charge is -2.22. The monoisotopic (exact) mass is 515 g/mol. The highest BCUT2D eigenvalue weighted by molar-refractivity contribution is 7.71. The van der Waals surface area contributed by atoms with Crippen molar-refractivity contribution in [2.45, 2.75) is 56.8 Å². The number of hydrogen-bond donors (Lipinski definition) is 3. The first-order valence-corrected chi connectivity index (χ1v) is 13.1. The zero-order valence-corrected chi connectivity index (χ0v) is 21.4. The summed E-state index contributed by atoms with van der Waals surface area (Å²) in [6, 6.07) is 17.3. The number of H-pyrrole nitrogens is 2. The molecule has 6 rings (SSSR count). The molecule has 2 fully saturated rings. The molecule has 190 valence electrons. The molecule has 3 atom stereocenters. The summed E-state index contributed by atoms with van der Waals surface area (Å²) < 4.78 is 12.6. The molecule has 1 amide bonds. The fourth-order valence-electron chi connectivity index (χ4n) is 5.77.